The first-order chi connectivity index (χ1) is 8.71. The van der Waals surface area contributed by atoms with Crippen LogP contribution in [0, 0.1) is 11.3 Å². The molecule has 2 rings (SSSR count). The molecule has 0 aromatic carbocycles. The van der Waals surface area contributed by atoms with Gasteiger partial charge in [-0.05, 0) is 17.8 Å². The maximum absolute atomic E-state index is 12.0. The molecule has 0 saturated heterocycles. The smallest absolute Gasteiger partial charge is 0.325 e. The third-order valence-electron chi connectivity index (χ3n) is 3.45. The van der Waals surface area contributed by atoms with E-state index in [2.05, 4.69) is 23.7 Å². The number of nitrogens with one attached hydrogen (secondary N) is 1. The molecule has 0 aliphatic heterocycles. The van der Waals surface area contributed by atoms with Crippen molar-refractivity contribution >= 4 is 16.0 Å². The Kier molecular flexibility index (Phi) is 3.40. The van der Waals surface area contributed by atoms with E-state index >= 15 is 0 Å². The Balaban J connectivity index is 1.99. The van der Waals surface area contributed by atoms with E-state index in [0.29, 0.717) is 12.5 Å². The highest BCUT2D eigenvalue weighted by Crippen LogP contribution is 2.51. The number of hydrogen-bond acceptors (Lipinski definition) is 4. The maximum atomic E-state index is 12.0. The van der Waals surface area contributed by atoms with Crippen molar-refractivity contribution in [2.24, 2.45) is 11.3 Å². The van der Waals surface area contributed by atoms with Gasteiger partial charge < -0.3 is 5.11 Å². The summed E-state index contributed by atoms with van der Waals surface area (Å²) in [4.78, 5) is 10.5. The van der Waals surface area contributed by atoms with Gasteiger partial charge in [-0.25, -0.2) is 13.1 Å². The first-order valence-corrected chi connectivity index (χ1v) is 7.43. The van der Waals surface area contributed by atoms with Crippen LogP contribution in [0.25, 0.3) is 0 Å². The molecular formula is C11H17N3O4S. The average molecular weight is 287 g/mol. The minimum Gasteiger partial charge on any atom is -0.480 e. The summed E-state index contributed by atoms with van der Waals surface area (Å²) in [6.45, 7) is 4.23. The Bertz CT molecular complexity index is 591. The molecule has 19 heavy (non-hydrogen) atoms. The van der Waals surface area contributed by atoms with Gasteiger partial charge in [0.1, 0.15) is 11.4 Å². The largest absolute Gasteiger partial charge is 0.480 e. The van der Waals surface area contributed by atoms with Crippen LogP contribution in [0.2, 0.25) is 0 Å². The predicted octanol–water partition coefficient (Wildman–Crippen LogP) is 0.292. The number of aromatic nitrogens is 2. The average Bonchev–Trinajstić information content (AvgIpc) is 2.70. The van der Waals surface area contributed by atoms with Gasteiger partial charge in [-0.15, -0.1) is 0 Å². The molecule has 8 heteroatoms. The Morgan fingerprint density at radius 1 is 1.63 bits per heavy atom. The number of aliphatic carboxylic acids is 1. The van der Waals surface area contributed by atoms with E-state index in [4.69, 9.17) is 5.11 Å². The Morgan fingerprint density at radius 2 is 2.26 bits per heavy atom. The van der Waals surface area contributed by atoms with Crippen LogP contribution in [0.4, 0.5) is 0 Å². The van der Waals surface area contributed by atoms with Gasteiger partial charge in [0.2, 0.25) is 10.0 Å². The molecule has 7 nitrogen and oxygen atoms in total. The van der Waals surface area contributed by atoms with Crippen molar-refractivity contribution in [1.29, 1.82) is 0 Å². The molecule has 2 N–H and O–H groups in total. The van der Waals surface area contributed by atoms with Gasteiger partial charge in [0, 0.05) is 12.7 Å². The summed E-state index contributed by atoms with van der Waals surface area (Å²) >= 11 is 0. The summed E-state index contributed by atoms with van der Waals surface area (Å²) < 4.78 is 27.5. The third-order valence-corrected chi connectivity index (χ3v) is 4.83. The summed E-state index contributed by atoms with van der Waals surface area (Å²) in [7, 11) is -3.61. The second-order valence-electron chi connectivity index (χ2n) is 5.51. The van der Waals surface area contributed by atoms with Gasteiger partial charge >= 0.3 is 5.97 Å². The van der Waals surface area contributed by atoms with Crippen molar-refractivity contribution in [2.75, 3.05) is 6.54 Å². The van der Waals surface area contributed by atoms with Gasteiger partial charge in [0.25, 0.3) is 0 Å². The molecule has 0 amide bonds. The van der Waals surface area contributed by atoms with Crippen molar-refractivity contribution < 1.29 is 18.3 Å². The molecule has 0 bridgehead atoms. The number of hydrogen-bond donors (Lipinski definition) is 2. The SMILES string of the molecule is CC1(C)CC1CNS(=O)(=O)c1cnn(CC(=O)O)c1. The second kappa shape index (κ2) is 4.61. The molecule has 1 fully saturated rings. The lowest BCUT2D eigenvalue weighted by Gasteiger charge is -2.05. The highest BCUT2D eigenvalue weighted by atomic mass is 32.2. The monoisotopic (exact) mass is 287 g/mol. The topological polar surface area (TPSA) is 101 Å². The van der Waals surface area contributed by atoms with Crippen LogP contribution >= 0.6 is 0 Å². The number of carboxylic acids is 1. The van der Waals surface area contributed by atoms with Crippen LogP contribution in [-0.4, -0.2) is 35.8 Å². The lowest BCUT2D eigenvalue weighted by atomic mass is 10.1. The van der Waals surface area contributed by atoms with Crippen molar-refractivity contribution in [3.05, 3.63) is 12.4 Å². The van der Waals surface area contributed by atoms with Crippen LogP contribution in [0.5, 0.6) is 0 Å². The van der Waals surface area contributed by atoms with E-state index < -0.39 is 16.0 Å². The molecular weight excluding hydrogens is 270 g/mol. The van der Waals surface area contributed by atoms with Crippen LogP contribution in [0.15, 0.2) is 17.3 Å². The first-order valence-electron chi connectivity index (χ1n) is 5.95. The van der Waals surface area contributed by atoms with Crippen molar-refractivity contribution in [1.82, 2.24) is 14.5 Å². The van der Waals surface area contributed by atoms with Crippen LogP contribution < -0.4 is 4.72 Å². The Morgan fingerprint density at radius 3 is 2.79 bits per heavy atom. The summed E-state index contributed by atoms with van der Waals surface area (Å²) in [5.74, 6) is -0.712. The predicted molar refractivity (Wildman–Crippen MR) is 66.9 cm³/mol. The summed E-state index contributed by atoms with van der Waals surface area (Å²) in [6, 6.07) is 0. The molecule has 1 aromatic rings. The highest BCUT2D eigenvalue weighted by molar-refractivity contribution is 7.89. The summed E-state index contributed by atoms with van der Waals surface area (Å²) in [5, 5.41) is 12.3. The number of carboxylic acid groups (broad SMARTS) is 1. The number of carbonyl (C=O) groups is 1. The van der Waals surface area contributed by atoms with Crippen LogP contribution in [0.1, 0.15) is 20.3 Å². The molecule has 1 atom stereocenters. The van der Waals surface area contributed by atoms with Gasteiger partial charge in [-0.2, -0.15) is 5.10 Å². The molecule has 0 radical (unpaired) electrons. The minimum atomic E-state index is -3.61. The fourth-order valence-corrected chi connectivity index (χ4v) is 2.96. The zero-order valence-electron chi connectivity index (χ0n) is 10.8. The normalized spacial score (nSPS) is 21.3. The summed E-state index contributed by atoms with van der Waals surface area (Å²) in [6.07, 6.45) is 3.38. The van der Waals surface area contributed by atoms with Crippen molar-refractivity contribution in [3.8, 4) is 0 Å². The van der Waals surface area contributed by atoms with E-state index in [1.807, 2.05) is 0 Å². The van der Waals surface area contributed by atoms with Gasteiger partial charge in [0.15, 0.2) is 0 Å². The van der Waals surface area contributed by atoms with Crippen molar-refractivity contribution in [2.45, 2.75) is 31.7 Å². The van der Waals surface area contributed by atoms with E-state index in [9.17, 15) is 13.2 Å². The number of nitrogens with zero attached hydrogens (tertiary/aromatic N) is 2. The quantitative estimate of drug-likeness (QED) is 0.783. The molecule has 1 unspecified atom stereocenters. The molecule has 1 aromatic heterocycles. The Hall–Kier alpha value is -1.41. The second-order valence-corrected chi connectivity index (χ2v) is 7.28. The molecule has 1 saturated carbocycles. The first kappa shape index (κ1) is 14.0. The molecule has 106 valence electrons. The number of sulfonamides is 1. The van der Waals surface area contributed by atoms with E-state index in [0.717, 1.165) is 17.3 Å². The van der Waals surface area contributed by atoms with Gasteiger partial charge in [-0.1, -0.05) is 13.8 Å². The molecule has 1 aliphatic carbocycles. The van der Waals surface area contributed by atoms with Crippen LogP contribution in [0.3, 0.4) is 0 Å². The van der Waals surface area contributed by atoms with Gasteiger partial charge in [-0.3, -0.25) is 9.48 Å². The number of rotatable bonds is 6. The van der Waals surface area contributed by atoms with E-state index in [1.54, 1.807) is 0 Å². The summed E-state index contributed by atoms with van der Waals surface area (Å²) in [5.41, 5.74) is 0.204. The van der Waals surface area contributed by atoms with Crippen LogP contribution in [-0.2, 0) is 21.4 Å². The highest BCUT2D eigenvalue weighted by Gasteiger charge is 2.45. The zero-order chi connectivity index (χ0) is 14.3. The minimum absolute atomic E-state index is 0.00722. The fraction of sp³-hybridized carbons (Fsp3) is 0.636. The van der Waals surface area contributed by atoms with Gasteiger partial charge in [0.05, 0.1) is 6.20 Å². The molecule has 0 spiro atoms. The standard InChI is InChI=1S/C11H17N3O4S/c1-11(2)3-8(11)4-13-19(17,18)9-5-12-14(6-9)7-10(15)16/h5-6,8,13H,3-4,7H2,1-2H3,(H,15,16). The zero-order valence-corrected chi connectivity index (χ0v) is 11.6. The van der Waals surface area contributed by atoms with E-state index in [1.165, 1.54) is 6.20 Å². The fourth-order valence-electron chi connectivity index (χ4n) is 1.93. The maximum Gasteiger partial charge on any atom is 0.325 e. The lowest BCUT2D eigenvalue weighted by molar-refractivity contribution is -0.137. The molecule has 1 aliphatic rings. The third kappa shape index (κ3) is 3.32. The van der Waals surface area contributed by atoms with E-state index in [-0.39, 0.29) is 16.9 Å². The van der Waals surface area contributed by atoms with Crippen molar-refractivity contribution in [3.63, 3.8) is 0 Å². The Labute approximate surface area is 111 Å². The molecule has 1 heterocycles. The lowest BCUT2D eigenvalue weighted by Crippen LogP contribution is -2.26.